The van der Waals surface area contributed by atoms with Crippen molar-refractivity contribution >= 4 is 0 Å². The quantitative estimate of drug-likeness (QED) is 0.696. The maximum atomic E-state index is 5.47. The Morgan fingerprint density at radius 1 is 1.06 bits per heavy atom. The van der Waals surface area contributed by atoms with Gasteiger partial charge in [0.1, 0.15) is 0 Å². The van der Waals surface area contributed by atoms with Gasteiger partial charge in [0.15, 0.2) is 0 Å². The molecule has 1 saturated heterocycles. The molecule has 1 heterocycles. The van der Waals surface area contributed by atoms with Gasteiger partial charge in [0, 0.05) is 26.2 Å². The van der Waals surface area contributed by atoms with Crippen molar-refractivity contribution in [2.75, 3.05) is 39.5 Å². The number of morpholine rings is 1. The molecule has 0 spiro atoms. The number of rotatable bonds is 5. The molecule has 0 unspecified atom stereocenters. The Balaban J connectivity index is 0. The van der Waals surface area contributed by atoms with Crippen molar-refractivity contribution in [3.8, 4) is 0 Å². The van der Waals surface area contributed by atoms with Crippen molar-refractivity contribution in [3.05, 3.63) is 0 Å². The van der Waals surface area contributed by atoms with E-state index in [1.807, 2.05) is 27.7 Å². The van der Waals surface area contributed by atoms with Gasteiger partial charge < -0.3 is 9.47 Å². The van der Waals surface area contributed by atoms with Crippen LogP contribution in [0.5, 0.6) is 0 Å². The maximum Gasteiger partial charge on any atom is 0.0594 e. The molecule has 1 fully saturated rings. The van der Waals surface area contributed by atoms with E-state index in [4.69, 9.17) is 9.47 Å². The minimum absolute atomic E-state index is 0.365. The Labute approximate surface area is 108 Å². The highest BCUT2D eigenvalue weighted by Gasteiger charge is 2.08. The van der Waals surface area contributed by atoms with Crippen LogP contribution >= 0.6 is 0 Å². The van der Waals surface area contributed by atoms with Gasteiger partial charge >= 0.3 is 0 Å². The predicted molar refractivity (Wildman–Crippen MR) is 75.7 cm³/mol. The third-order valence-corrected chi connectivity index (χ3v) is 2.17. The molecule has 0 atom stereocenters. The average molecular weight is 247 g/mol. The van der Waals surface area contributed by atoms with Crippen molar-refractivity contribution in [2.45, 2.75) is 54.1 Å². The minimum atomic E-state index is 0.365. The largest absolute Gasteiger partial charge is 0.379 e. The van der Waals surface area contributed by atoms with Crippen molar-refractivity contribution in [2.24, 2.45) is 0 Å². The van der Waals surface area contributed by atoms with Gasteiger partial charge in [0.25, 0.3) is 0 Å². The van der Waals surface area contributed by atoms with Crippen LogP contribution < -0.4 is 0 Å². The molecule has 0 saturated carbocycles. The van der Waals surface area contributed by atoms with Crippen LogP contribution in [-0.4, -0.2) is 50.5 Å². The molecular weight excluding hydrogens is 214 g/mol. The van der Waals surface area contributed by atoms with Gasteiger partial charge in [-0.15, -0.1) is 0 Å². The first-order valence-corrected chi connectivity index (χ1v) is 7.21. The van der Waals surface area contributed by atoms with E-state index in [2.05, 4.69) is 18.7 Å². The Morgan fingerprint density at radius 2 is 1.59 bits per heavy atom. The van der Waals surface area contributed by atoms with Gasteiger partial charge in [0.2, 0.25) is 0 Å². The van der Waals surface area contributed by atoms with E-state index < -0.39 is 0 Å². The molecule has 0 aromatic heterocycles. The normalized spacial score (nSPS) is 15.7. The van der Waals surface area contributed by atoms with Crippen LogP contribution in [0.15, 0.2) is 0 Å². The fourth-order valence-electron chi connectivity index (χ4n) is 1.43. The second kappa shape index (κ2) is 15.9. The molecule has 0 aliphatic carbocycles. The zero-order valence-electron chi connectivity index (χ0n) is 12.8. The molecule has 17 heavy (non-hydrogen) atoms. The first-order chi connectivity index (χ1) is 8.29. The summed E-state index contributed by atoms with van der Waals surface area (Å²) in [5.74, 6) is 0. The van der Waals surface area contributed by atoms with Gasteiger partial charge in [-0.05, 0) is 20.3 Å². The zero-order chi connectivity index (χ0) is 13.5. The number of ether oxygens (including phenoxy) is 2. The van der Waals surface area contributed by atoms with Crippen molar-refractivity contribution in [1.29, 1.82) is 0 Å². The lowest BCUT2D eigenvalue weighted by atomic mass is 10.3. The molecule has 1 rings (SSSR count). The molecule has 3 nitrogen and oxygen atoms in total. The summed E-state index contributed by atoms with van der Waals surface area (Å²) in [7, 11) is 0. The van der Waals surface area contributed by atoms with Crippen LogP contribution in [0.2, 0.25) is 0 Å². The molecule has 1 aliphatic rings. The summed E-state index contributed by atoms with van der Waals surface area (Å²) in [5.41, 5.74) is 0. The maximum absolute atomic E-state index is 5.47. The van der Waals surface area contributed by atoms with Crippen LogP contribution in [-0.2, 0) is 9.47 Å². The lowest BCUT2D eigenvalue weighted by molar-refractivity contribution is 0.0266. The van der Waals surface area contributed by atoms with Gasteiger partial charge in [-0.25, -0.2) is 0 Å². The fraction of sp³-hybridized carbons (Fsp3) is 1.00. The molecule has 0 aromatic carbocycles. The summed E-state index contributed by atoms with van der Waals surface area (Å²) >= 11 is 0. The van der Waals surface area contributed by atoms with Gasteiger partial charge in [0.05, 0.1) is 19.3 Å². The van der Waals surface area contributed by atoms with E-state index in [9.17, 15) is 0 Å². The highest BCUT2D eigenvalue weighted by Crippen LogP contribution is 1.98. The van der Waals surface area contributed by atoms with Crippen LogP contribution in [0.1, 0.15) is 48.0 Å². The summed E-state index contributed by atoms with van der Waals surface area (Å²) in [6, 6.07) is 0. The second-order valence-corrected chi connectivity index (χ2v) is 3.73. The number of hydrogen-bond donors (Lipinski definition) is 0. The monoisotopic (exact) mass is 247 g/mol. The summed E-state index contributed by atoms with van der Waals surface area (Å²) in [6.07, 6.45) is 1.50. The molecule has 0 bridgehead atoms. The van der Waals surface area contributed by atoms with E-state index in [0.29, 0.717) is 6.10 Å². The third kappa shape index (κ3) is 13.8. The topological polar surface area (TPSA) is 21.7 Å². The van der Waals surface area contributed by atoms with Gasteiger partial charge in [-0.1, -0.05) is 27.7 Å². The molecular formula is C14H33NO2. The van der Waals surface area contributed by atoms with E-state index in [1.165, 1.54) is 0 Å². The number of nitrogens with zero attached hydrogens (tertiary/aromatic N) is 1. The summed E-state index contributed by atoms with van der Waals surface area (Å²) in [5, 5.41) is 0. The lowest BCUT2D eigenvalue weighted by Crippen LogP contribution is -2.37. The van der Waals surface area contributed by atoms with Gasteiger partial charge in [-0.2, -0.15) is 0 Å². The molecule has 1 aliphatic heterocycles. The molecule has 106 valence electrons. The van der Waals surface area contributed by atoms with Crippen LogP contribution in [0.3, 0.4) is 0 Å². The highest BCUT2D eigenvalue weighted by molar-refractivity contribution is 4.61. The molecule has 0 radical (unpaired) electrons. The SMILES string of the molecule is CC.CC.CC(C)OCCCN1CCOCC1. The Kier molecular flexibility index (Phi) is 18.0. The standard InChI is InChI=1S/C10H21NO2.2C2H6/c1-10(2)13-7-3-4-11-5-8-12-9-6-11;2*1-2/h10H,3-9H2,1-2H3;2*1-2H3. The predicted octanol–water partition coefficient (Wildman–Crippen LogP) is 3.19. The van der Waals surface area contributed by atoms with Gasteiger partial charge in [-0.3, -0.25) is 4.90 Å². The Morgan fingerprint density at radius 3 is 2.06 bits per heavy atom. The first-order valence-electron chi connectivity index (χ1n) is 7.21. The molecule has 3 heteroatoms. The number of hydrogen-bond acceptors (Lipinski definition) is 3. The Bertz CT molecular complexity index is 123. The van der Waals surface area contributed by atoms with E-state index >= 15 is 0 Å². The minimum Gasteiger partial charge on any atom is -0.379 e. The van der Waals surface area contributed by atoms with Crippen LogP contribution in [0.25, 0.3) is 0 Å². The molecule has 0 N–H and O–H groups in total. The van der Waals surface area contributed by atoms with Crippen LogP contribution in [0.4, 0.5) is 0 Å². The third-order valence-electron chi connectivity index (χ3n) is 2.17. The molecule has 0 aromatic rings. The summed E-state index contributed by atoms with van der Waals surface area (Å²) < 4.78 is 10.7. The Hall–Kier alpha value is -0.120. The first kappa shape index (κ1) is 19.2. The smallest absolute Gasteiger partial charge is 0.0594 e. The second-order valence-electron chi connectivity index (χ2n) is 3.73. The van der Waals surface area contributed by atoms with E-state index in [-0.39, 0.29) is 0 Å². The highest BCUT2D eigenvalue weighted by atomic mass is 16.5. The van der Waals surface area contributed by atoms with Crippen molar-refractivity contribution < 1.29 is 9.47 Å². The average Bonchev–Trinajstić information content (AvgIpc) is 2.40. The fourth-order valence-corrected chi connectivity index (χ4v) is 1.43. The van der Waals surface area contributed by atoms with Crippen molar-refractivity contribution in [3.63, 3.8) is 0 Å². The van der Waals surface area contributed by atoms with Crippen molar-refractivity contribution in [1.82, 2.24) is 4.90 Å². The van der Waals surface area contributed by atoms with E-state index in [0.717, 1.165) is 45.9 Å². The lowest BCUT2D eigenvalue weighted by Gasteiger charge is -2.26. The summed E-state index contributed by atoms with van der Waals surface area (Å²) in [4.78, 5) is 2.44. The van der Waals surface area contributed by atoms with Crippen LogP contribution in [0, 0.1) is 0 Å². The van der Waals surface area contributed by atoms with E-state index in [1.54, 1.807) is 0 Å². The zero-order valence-corrected chi connectivity index (χ0v) is 12.8. The summed E-state index contributed by atoms with van der Waals surface area (Å²) in [6.45, 7) is 18.1. The molecule has 0 amide bonds.